The van der Waals surface area contributed by atoms with Crippen molar-refractivity contribution in [2.45, 2.75) is 84.5 Å². The maximum atomic E-state index is 12.4. The van der Waals surface area contributed by atoms with E-state index in [4.69, 9.17) is 9.47 Å². The molecule has 34 heavy (non-hydrogen) atoms. The minimum Gasteiger partial charge on any atom is -0.487 e. The van der Waals surface area contributed by atoms with Gasteiger partial charge in [-0.15, -0.1) is 0 Å². The van der Waals surface area contributed by atoms with E-state index in [1.54, 1.807) is 36.4 Å². The highest BCUT2D eigenvalue weighted by Gasteiger charge is 2.20. The van der Waals surface area contributed by atoms with Crippen LogP contribution in [-0.2, 0) is 4.74 Å². The molecule has 186 valence electrons. The van der Waals surface area contributed by atoms with Crippen molar-refractivity contribution in [3.8, 4) is 16.9 Å². The van der Waals surface area contributed by atoms with Crippen molar-refractivity contribution in [3.63, 3.8) is 0 Å². The Morgan fingerprint density at radius 2 is 1.47 bits per heavy atom. The average molecular weight is 470 g/mol. The third-order valence-electron chi connectivity index (χ3n) is 5.81. The summed E-state index contributed by atoms with van der Waals surface area (Å²) < 4.78 is 11.0. The van der Waals surface area contributed by atoms with Crippen molar-refractivity contribution >= 4 is 11.7 Å². The van der Waals surface area contributed by atoms with E-state index in [1.807, 2.05) is 6.92 Å². The van der Waals surface area contributed by atoms with Crippen LogP contribution in [0, 0.1) is 10.1 Å². The fourth-order valence-corrected chi connectivity index (χ4v) is 3.91. The minimum absolute atomic E-state index is 0.0960. The molecule has 2 aromatic rings. The molecule has 0 atom stereocenters. The van der Waals surface area contributed by atoms with Gasteiger partial charge in [0.2, 0.25) is 0 Å². The van der Waals surface area contributed by atoms with Gasteiger partial charge >= 0.3 is 11.7 Å². The third-order valence-corrected chi connectivity index (χ3v) is 5.81. The molecule has 0 aromatic heterocycles. The molecule has 0 aliphatic heterocycles. The van der Waals surface area contributed by atoms with Gasteiger partial charge in [0, 0.05) is 6.07 Å². The molecule has 0 radical (unpaired) electrons. The fourth-order valence-electron chi connectivity index (χ4n) is 3.91. The second-order valence-electron chi connectivity index (χ2n) is 8.65. The molecule has 2 aromatic carbocycles. The van der Waals surface area contributed by atoms with Crippen LogP contribution in [-0.4, -0.2) is 24.1 Å². The van der Waals surface area contributed by atoms with Crippen molar-refractivity contribution in [2.75, 3.05) is 13.2 Å². The van der Waals surface area contributed by atoms with E-state index in [-0.39, 0.29) is 11.4 Å². The summed E-state index contributed by atoms with van der Waals surface area (Å²) in [5.74, 6) is -0.169. The predicted octanol–water partition coefficient (Wildman–Crippen LogP) is 8.13. The van der Waals surface area contributed by atoms with Gasteiger partial charge in [-0.1, -0.05) is 95.9 Å². The van der Waals surface area contributed by atoms with Crippen LogP contribution in [0.4, 0.5) is 5.69 Å². The van der Waals surface area contributed by atoms with E-state index >= 15 is 0 Å². The zero-order valence-electron chi connectivity index (χ0n) is 20.7. The maximum Gasteiger partial charge on any atom is 0.338 e. The molecule has 0 heterocycles. The number of benzene rings is 2. The monoisotopic (exact) mass is 469 g/mol. The lowest BCUT2D eigenvalue weighted by Crippen LogP contribution is -2.07. The van der Waals surface area contributed by atoms with Gasteiger partial charge in [-0.05, 0) is 36.1 Å². The number of nitro benzene ring substituents is 1. The van der Waals surface area contributed by atoms with Crippen molar-refractivity contribution in [2.24, 2.45) is 0 Å². The molecule has 0 fully saturated rings. The van der Waals surface area contributed by atoms with Gasteiger partial charge in [0.1, 0.15) is 0 Å². The van der Waals surface area contributed by atoms with Gasteiger partial charge in [0.05, 0.1) is 23.7 Å². The number of nitro groups is 1. The van der Waals surface area contributed by atoms with Crippen LogP contribution in [0.1, 0.15) is 94.8 Å². The van der Waals surface area contributed by atoms with E-state index in [9.17, 15) is 14.9 Å². The molecule has 0 aliphatic carbocycles. The Morgan fingerprint density at radius 1 is 0.824 bits per heavy atom. The molecule has 0 amide bonds. The zero-order chi connectivity index (χ0) is 24.6. The molecule has 6 nitrogen and oxygen atoms in total. The van der Waals surface area contributed by atoms with Gasteiger partial charge in [0.25, 0.3) is 0 Å². The minimum atomic E-state index is -0.435. The summed E-state index contributed by atoms with van der Waals surface area (Å²) in [7, 11) is 0. The Bertz CT molecular complexity index is 896. The van der Waals surface area contributed by atoms with Crippen LogP contribution >= 0.6 is 0 Å². The lowest BCUT2D eigenvalue weighted by molar-refractivity contribution is -0.385. The van der Waals surface area contributed by atoms with Gasteiger partial charge in [-0.3, -0.25) is 10.1 Å². The van der Waals surface area contributed by atoms with E-state index in [0.717, 1.165) is 19.3 Å². The van der Waals surface area contributed by atoms with Crippen molar-refractivity contribution < 1.29 is 19.2 Å². The summed E-state index contributed by atoms with van der Waals surface area (Å²) in [5.41, 5.74) is 1.49. The number of hydrogen-bond acceptors (Lipinski definition) is 5. The maximum absolute atomic E-state index is 12.4. The summed E-state index contributed by atoms with van der Waals surface area (Å²) in [5, 5.41) is 11.7. The number of ether oxygens (including phenoxy) is 2. The van der Waals surface area contributed by atoms with Crippen LogP contribution in [0.3, 0.4) is 0 Å². The Labute approximate surface area is 203 Å². The SMILES string of the molecule is CCCCCCCCCCCCOc1ccc(-c2ccccc2C(=O)OCCC)cc1[N+](=O)[O-]. The molecule has 0 spiro atoms. The third kappa shape index (κ3) is 9.16. The molecule has 0 bridgehead atoms. The van der Waals surface area contributed by atoms with E-state index in [2.05, 4.69) is 6.92 Å². The van der Waals surface area contributed by atoms with Crippen LogP contribution in [0.5, 0.6) is 5.75 Å². The van der Waals surface area contributed by atoms with Crippen molar-refractivity contribution in [1.29, 1.82) is 0 Å². The van der Waals surface area contributed by atoms with E-state index < -0.39 is 10.9 Å². The Kier molecular flexibility index (Phi) is 12.8. The van der Waals surface area contributed by atoms with Crippen LogP contribution in [0.15, 0.2) is 42.5 Å². The number of carbonyl (C=O) groups excluding carboxylic acids is 1. The first-order chi connectivity index (χ1) is 16.6. The van der Waals surface area contributed by atoms with E-state index in [1.165, 1.54) is 57.4 Å². The standard InChI is InChI=1S/C28H39NO5/c1-3-5-6-7-8-9-10-11-12-15-21-33-27-19-18-23(22-26(27)29(31)32)24-16-13-14-17-25(24)28(30)34-20-4-2/h13-14,16-19,22H,3-12,15,20-21H2,1-2H3. The van der Waals surface area contributed by atoms with Crippen LogP contribution in [0.25, 0.3) is 11.1 Å². The summed E-state index contributed by atoms with van der Waals surface area (Å²) in [6.07, 6.45) is 13.0. The average Bonchev–Trinajstić information content (AvgIpc) is 2.85. The molecule has 6 heteroatoms. The van der Waals surface area contributed by atoms with Gasteiger partial charge < -0.3 is 9.47 Å². The smallest absolute Gasteiger partial charge is 0.338 e. The quantitative estimate of drug-likeness (QED) is 0.101. The summed E-state index contributed by atoms with van der Waals surface area (Å²) in [6, 6.07) is 11.9. The number of rotatable bonds is 17. The number of nitrogens with zero attached hydrogens (tertiary/aromatic N) is 1. The highest BCUT2D eigenvalue weighted by atomic mass is 16.6. The normalized spacial score (nSPS) is 10.8. The van der Waals surface area contributed by atoms with Crippen molar-refractivity contribution in [3.05, 3.63) is 58.1 Å². The molecule has 0 N–H and O–H groups in total. The summed E-state index contributed by atoms with van der Waals surface area (Å²) in [4.78, 5) is 23.7. The zero-order valence-corrected chi connectivity index (χ0v) is 20.7. The Balaban J connectivity index is 1.91. The number of esters is 1. The lowest BCUT2D eigenvalue weighted by Gasteiger charge is -2.11. The van der Waals surface area contributed by atoms with Gasteiger partial charge in [-0.2, -0.15) is 0 Å². The van der Waals surface area contributed by atoms with Gasteiger partial charge in [0.15, 0.2) is 5.75 Å². The highest BCUT2D eigenvalue weighted by Crippen LogP contribution is 2.34. The second kappa shape index (κ2) is 15.9. The second-order valence-corrected chi connectivity index (χ2v) is 8.65. The first-order valence-corrected chi connectivity index (χ1v) is 12.8. The topological polar surface area (TPSA) is 78.7 Å². The van der Waals surface area contributed by atoms with Crippen LogP contribution < -0.4 is 4.74 Å². The number of hydrogen-bond donors (Lipinski definition) is 0. The molecule has 0 saturated carbocycles. The van der Waals surface area contributed by atoms with Gasteiger partial charge in [-0.25, -0.2) is 4.79 Å². The predicted molar refractivity (Wildman–Crippen MR) is 136 cm³/mol. The first kappa shape index (κ1) is 27.4. The highest BCUT2D eigenvalue weighted by molar-refractivity contribution is 5.97. The molecular formula is C28H39NO5. The Hall–Kier alpha value is -2.89. The summed E-state index contributed by atoms with van der Waals surface area (Å²) in [6.45, 7) is 4.95. The first-order valence-electron chi connectivity index (χ1n) is 12.8. The lowest BCUT2D eigenvalue weighted by atomic mass is 9.99. The summed E-state index contributed by atoms with van der Waals surface area (Å²) >= 11 is 0. The van der Waals surface area contributed by atoms with Crippen LogP contribution in [0.2, 0.25) is 0 Å². The molecule has 2 rings (SSSR count). The van der Waals surface area contributed by atoms with E-state index in [0.29, 0.717) is 29.9 Å². The Morgan fingerprint density at radius 3 is 2.12 bits per heavy atom. The largest absolute Gasteiger partial charge is 0.487 e. The fraction of sp³-hybridized carbons (Fsp3) is 0.536. The number of carbonyl (C=O) groups is 1. The molecule has 0 saturated heterocycles. The molecule has 0 unspecified atom stereocenters. The number of unbranched alkanes of at least 4 members (excludes halogenated alkanes) is 9. The molecular weight excluding hydrogens is 430 g/mol. The molecule has 0 aliphatic rings. The van der Waals surface area contributed by atoms with Crippen molar-refractivity contribution in [1.82, 2.24) is 0 Å².